The number of methoxy groups -OCH3 is 1. The van der Waals surface area contributed by atoms with E-state index in [0.29, 0.717) is 36.5 Å². The minimum atomic E-state index is -0.615. The van der Waals surface area contributed by atoms with E-state index in [1.165, 1.54) is 24.7 Å². The predicted octanol–water partition coefficient (Wildman–Crippen LogP) is 6.82. The summed E-state index contributed by atoms with van der Waals surface area (Å²) >= 11 is 0. The lowest BCUT2D eigenvalue weighted by Crippen LogP contribution is -2.61. The van der Waals surface area contributed by atoms with Gasteiger partial charge in [-0.1, -0.05) is 65.8 Å². The normalized spacial score (nSPS) is 39.9. The Morgan fingerprint density at radius 1 is 0.783 bits per heavy atom. The van der Waals surface area contributed by atoms with Crippen molar-refractivity contribution in [3.8, 4) is 0 Å². The lowest BCUT2D eigenvalue weighted by atomic mass is 9.53. The molecule has 258 valence electrons. The molecule has 0 radical (unpaired) electrons. The molecule has 2 N–H and O–H groups in total. The van der Waals surface area contributed by atoms with Crippen molar-refractivity contribution in [1.82, 2.24) is 15.5 Å². The van der Waals surface area contributed by atoms with Crippen molar-refractivity contribution in [2.45, 2.75) is 143 Å². The second kappa shape index (κ2) is 13.8. The first kappa shape index (κ1) is 35.2. The number of ether oxygens (including phenoxy) is 1. The summed E-state index contributed by atoms with van der Waals surface area (Å²) in [7, 11) is 1.39. The maximum absolute atomic E-state index is 14.3. The van der Waals surface area contributed by atoms with E-state index in [0.717, 1.165) is 57.8 Å². The summed E-state index contributed by atoms with van der Waals surface area (Å²) in [6, 6.07) is -1.16. The Bertz CT molecular complexity index is 1200. The first-order valence-corrected chi connectivity index (χ1v) is 18.5. The van der Waals surface area contributed by atoms with Crippen molar-refractivity contribution in [3.63, 3.8) is 0 Å². The van der Waals surface area contributed by atoms with Crippen molar-refractivity contribution >= 4 is 17.8 Å². The second-order valence-electron chi connectivity index (χ2n) is 17.1. The van der Waals surface area contributed by atoms with Gasteiger partial charge in [0.25, 0.3) is 0 Å². The lowest BCUT2D eigenvalue weighted by molar-refractivity contribution is -0.147. The minimum Gasteiger partial charge on any atom is -0.468 e. The molecule has 7 nitrogen and oxygen atoms in total. The van der Waals surface area contributed by atoms with Gasteiger partial charge >= 0.3 is 5.97 Å². The molecule has 0 aromatic heterocycles. The molecule has 2 amide bonds. The molecule has 10 unspecified atom stereocenters. The molecule has 5 aliphatic rings. The van der Waals surface area contributed by atoms with Gasteiger partial charge in [-0.2, -0.15) is 0 Å². The van der Waals surface area contributed by atoms with E-state index in [1.807, 2.05) is 4.90 Å². The Morgan fingerprint density at radius 2 is 1.26 bits per heavy atom. The molecule has 1 heterocycles. The molecule has 0 aromatic rings. The zero-order valence-corrected chi connectivity index (χ0v) is 30.0. The Kier molecular flexibility index (Phi) is 10.5. The quantitative estimate of drug-likeness (QED) is 0.225. The molecule has 4 saturated carbocycles. The number of carbonyl (C=O) groups excluding carboxylic acids is 3. The number of hydrogen-bond donors (Lipinski definition) is 2. The van der Waals surface area contributed by atoms with Crippen molar-refractivity contribution in [2.75, 3.05) is 13.7 Å². The fourth-order valence-electron chi connectivity index (χ4n) is 11.1. The third kappa shape index (κ3) is 6.60. The summed E-state index contributed by atoms with van der Waals surface area (Å²) in [5, 5.41) is 7.03. The van der Waals surface area contributed by atoms with Crippen LogP contribution in [0.2, 0.25) is 0 Å². The van der Waals surface area contributed by atoms with Gasteiger partial charge < -0.3 is 15.4 Å². The van der Waals surface area contributed by atoms with Gasteiger partial charge in [0, 0.05) is 23.9 Å². The number of nitrogens with zero attached hydrogens (tertiary/aromatic N) is 1. The number of rotatable bonds is 8. The van der Waals surface area contributed by atoms with Crippen LogP contribution < -0.4 is 10.6 Å². The fraction of sp³-hybridized carbons (Fsp3) is 0.821. The number of amides is 2. The molecular weight excluding hydrogens is 574 g/mol. The van der Waals surface area contributed by atoms with Crippen LogP contribution in [0.15, 0.2) is 24.3 Å². The van der Waals surface area contributed by atoms with E-state index < -0.39 is 12.1 Å². The topological polar surface area (TPSA) is 87.7 Å². The van der Waals surface area contributed by atoms with Crippen LogP contribution in [0.1, 0.15) is 119 Å². The van der Waals surface area contributed by atoms with Gasteiger partial charge in [0.1, 0.15) is 6.04 Å². The molecule has 10 atom stereocenters. The average Bonchev–Trinajstić information content (AvgIpc) is 3.39. The predicted molar refractivity (Wildman–Crippen MR) is 184 cm³/mol. The first-order chi connectivity index (χ1) is 21.7. The van der Waals surface area contributed by atoms with Crippen molar-refractivity contribution in [3.05, 3.63) is 24.3 Å². The Balaban J connectivity index is 1.37. The molecule has 4 aliphatic carbocycles. The standard InChI is InChI=1S/C39H63N3O4/c1-23(2)27-16-20-38(7)18-10-12-25(5)32(38)34(27)40-31(43)22-42-29(14-15-30(42)37(45)46-9)36(44)41-35-28(24(3)4)17-21-39(8)19-11-13-26(6)33(35)39/h23-24,27-30,32-35H,5-6,10-22H2,1-4,7-9H3,(H,40,43)(H,41,44). The molecule has 0 aromatic carbocycles. The molecule has 5 fully saturated rings. The molecule has 1 aliphatic heterocycles. The van der Waals surface area contributed by atoms with Crippen LogP contribution in [0.5, 0.6) is 0 Å². The van der Waals surface area contributed by atoms with Gasteiger partial charge in [0.15, 0.2) is 0 Å². The monoisotopic (exact) mass is 637 g/mol. The van der Waals surface area contributed by atoms with E-state index >= 15 is 0 Å². The maximum Gasteiger partial charge on any atom is 0.323 e. The molecule has 0 spiro atoms. The highest BCUT2D eigenvalue weighted by Crippen LogP contribution is 2.56. The van der Waals surface area contributed by atoms with Crippen LogP contribution in [-0.2, 0) is 19.1 Å². The summed E-state index contributed by atoms with van der Waals surface area (Å²) in [6.07, 6.45) is 12.2. The molecule has 46 heavy (non-hydrogen) atoms. The van der Waals surface area contributed by atoms with Crippen molar-refractivity contribution < 1.29 is 19.1 Å². The van der Waals surface area contributed by atoms with Crippen LogP contribution in [0.4, 0.5) is 0 Å². The number of hydrogen-bond acceptors (Lipinski definition) is 5. The highest BCUT2D eigenvalue weighted by atomic mass is 16.5. The van der Waals surface area contributed by atoms with E-state index in [1.54, 1.807) is 0 Å². The zero-order chi connectivity index (χ0) is 33.6. The van der Waals surface area contributed by atoms with E-state index in [9.17, 15) is 14.4 Å². The molecule has 5 rings (SSSR count). The summed E-state index contributed by atoms with van der Waals surface area (Å²) < 4.78 is 5.20. The molecule has 0 bridgehead atoms. The number of fused-ring (bicyclic) bond motifs is 2. The third-order valence-electron chi connectivity index (χ3n) is 13.6. The van der Waals surface area contributed by atoms with E-state index in [2.05, 4.69) is 65.3 Å². The highest BCUT2D eigenvalue weighted by Gasteiger charge is 2.53. The molecule has 7 heteroatoms. The summed E-state index contributed by atoms with van der Waals surface area (Å²) in [5.41, 5.74) is 2.82. The maximum atomic E-state index is 14.3. The third-order valence-corrected chi connectivity index (χ3v) is 13.6. The van der Waals surface area contributed by atoms with Crippen molar-refractivity contribution in [2.24, 2.45) is 46.3 Å². The van der Waals surface area contributed by atoms with Gasteiger partial charge in [0.05, 0.1) is 19.7 Å². The smallest absolute Gasteiger partial charge is 0.323 e. The van der Waals surface area contributed by atoms with Crippen LogP contribution in [0.3, 0.4) is 0 Å². The SMILES string of the molecule is C=C1CCCC2(C)CCC(C(C)C)C(NC(=O)CN3C(C(=O)NC4C(C(C)C)CCC5(C)CCCC(=C)C45)CCC3C(=O)OC)C12. The summed E-state index contributed by atoms with van der Waals surface area (Å²) in [6.45, 7) is 22.8. The Hall–Kier alpha value is -2.15. The first-order valence-electron chi connectivity index (χ1n) is 18.5. The number of likely N-dealkylation sites (tertiary alicyclic amines) is 1. The Morgan fingerprint density at radius 3 is 1.74 bits per heavy atom. The lowest BCUT2D eigenvalue weighted by Gasteiger charge is -2.54. The van der Waals surface area contributed by atoms with Gasteiger partial charge in [0.2, 0.25) is 11.8 Å². The zero-order valence-electron chi connectivity index (χ0n) is 30.0. The van der Waals surface area contributed by atoms with E-state index in [4.69, 9.17) is 4.74 Å². The summed E-state index contributed by atoms with van der Waals surface area (Å²) in [5.74, 6) is 1.54. The fourth-order valence-corrected chi connectivity index (χ4v) is 11.1. The van der Waals surface area contributed by atoms with Crippen LogP contribution >= 0.6 is 0 Å². The van der Waals surface area contributed by atoms with Crippen molar-refractivity contribution in [1.29, 1.82) is 0 Å². The Labute approximate surface area is 279 Å². The number of carbonyl (C=O) groups is 3. The number of nitrogens with one attached hydrogen (secondary N) is 2. The van der Waals surface area contributed by atoms with Gasteiger partial charge in [-0.15, -0.1) is 0 Å². The molecule has 1 saturated heterocycles. The second-order valence-corrected chi connectivity index (χ2v) is 17.1. The van der Waals surface area contributed by atoms with Crippen LogP contribution in [0, 0.1) is 46.3 Å². The van der Waals surface area contributed by atoms with Gasteiger partial charge in [-0.3, -0.25) is 19.3 Å². The minimum absolute atomic E-state index is 0.00120. The largest absolute Gasteiger partial charge is 0.468 e. The van der Waals surface area contributed by atoms with Crippen LogP contribution in [0.25, 0.3) is 0 Å². The highest BCUT2D eigenvalue weighted by molar-refractivity contribution is 5.87. The number of esters is 1. The average molecular weight is 638 g/mol. The van der Waals surface area contributed by atoms with Gasteiger partial charge in [-0.05, 0) is 112 Å². The van der Waals surface area contributed by atoms with E-state index in [-0.39, 0.29) is 59.1 Å². The van der Waals surface area contributed by atoms with Crippen LogP contribution in [-0.4, -0.2) is 60.5 Å². The summed E-state index contributed by atoms with van der Waals surface area (Å²) in [4.78, 5) is 43.3. The van der Waals surface area contributed by atoms with Gasteiger partial charge in [-0.25, -0.2) is 0 Å². The molecular formula is C39H63N3O4.